The number of hydrogen-bond donors (Lipinski definition) is 1. The third-order valence-electron chi connectivity index (χ3n) is 4.06. The van der Waals surface area contributed by atoms with E-state index in [9.17, 15) is 4.79 Å². The molecular weight excluding hydrogens is 280 g/mol. The fraction of sp³-hybridized carbons (Fsp3) is 0.438. The lowest BCUT2D eigenvalue weighted by Crippen LogP contribution is -2.11. The zero-order chi connectivity index (χ0) is 15.5. The van der Waals surface area contributed by atoms with Crippen molar-refractivity contribution in [2.75, 3.05) is 12.3 Å². The lowest BCUT2D eigenvalue weighted by Gasteiger charge is -2.08. The minimum absolute atomic E-state index is 0.277. The van der Waals surface area contributed by atoms with Crippen molar-refractivity contribution in [2.24, 2.45) is 0 Å². The molecule has 22 heavy (non-hydrogen) atoms. The Kier molecular flexibility index (Phi) is 4.09. The molecule has 0 atom stereocenters. The maximum absolute atomic E-state index is 12.3. The predicted molar refractivity (Wildman–Crippen MR) is 82.9 cm³/mol. The molecule has 0 aliphatic heterocycles. The van der Waals surface area contributed by atoms with E-state index in [2.05, 4.69) is 10.1 Å². The van der Waals surface area contributed by atoms with Crippen molar-refractivity contribution in [3.63, 3.8) is 0 Å². The van der Waals surface area contributed by atoms with Crippen LogP contribution >= 0.6 is 0 Å². The number of carbonyl (C=O) groups excluding carboxylic acids is 1. The highest BCUT2D eigenvalue weighted by molar-refractivity contribution is 5.96. The van der Waals surface area contributed by atoms with Crippen LogP contribution in [-0.4, -0.2) is 27.3 Å². The molecule has 116 valence electrons. The summed E-state index contributed by atoms with van der Waals surface area (Å²) in [6.45, 7) is 2.11. The Labute approximate surface area is 129 Å². The van der Waals surface area contributed by atoms with Gasteiger partial charge < -0.3 is 10.5 Å². The average Bonchev–Trinajstić information content (AvgIpc) is 3.16. The summed E-state index contributed by atoms with van der Waals surface area (Å²) in [5.41, 5.74) is 8.13. The van der Waals surface area contributed by atoms with Gasteiger partial charge in [0.25, 0.3) is 0 Å². The van der Waals surface area contributed by atoms with Crippen molar-refractivity contribution in [3.05, 3.63) is 35.8 Å². The maximum atomic E-state index is 12.3. The highest BCUT2D eigenvalue weighted by atomic mass is 16.5. The van der Waals surface area contributed by atoms with Gasteiger partial charge in [-0.25, -0.2) is 9.48 Å². The molecule has 2 N–H and O–H groups in total. The lowest BCUT2D eigenvalue weighted by atomic mass is 10.00. The number of esters is 1. The molecule has 0 bridgehead atoms. The standard InChI is InChI=1S/C16H20N4O2/c1-2-22-16(21)13-14(11-6-3-4-7-11)19-20(15(13)17)12-8-5-9-18-10-12/h5,8-11H,2-4,6-7,17H2,1H3. The van der Waals surface area contributed by atoms with Crippen molar-refractivity contribution in [3.8, 4) is 5.69 Å². The number of pyridine rings is 1. The van der Waals surface area contributed by atoms with Crippen LogP contribution in [-0.2, 0) is 4.74 Å². The molecule has 2 aromatic heterocycles. The normalized spacial score (nSPS) is 15.1. The summed E-state index contributed by atoms with van der Waals surface area (Å²) in [7, 11) is 0. The monoisotopic (exact) mass is 300 g/mol. The first-order valence-corrected chi connectivity index (χ1v) is 7.68. The molecule has 3 rings (SSSR count). The number of ether oxygens (including phenoxy) is 1. The number of carbonyl (C=O) groups is 1. The van der Waals surface area contributed by atoms with Crippen LogP contribution in [0.25, 0.3) is 5.69 Å². The zero-order valence-corrected chi connectivity index (χ0v) is 12.7. The molecule has 2 aromatic rings. The molecule has 1 fully saturated rings. The molecule has 6 heteroatoms. The van der Waals surface area contributed by atoms with E-state index in [0.29, 0.717) is 18.0 Å². The van der Waals surface area contributed by atoms with Gasteiger partial charge in [-0.05, 0) is 31.9 Å². The second-order valence-corrected chi connectivity index (χ2v) is 5.47. The van der Waals surface area contributed by atoms with Gasteiger partial charge in [-0.2, -0.15) is 5.10 Å². The highest BCUT2D eigenvalue weighted by Crippen LogP contribution is 2.37. The molecule has 0 unspecified atom stereocenters. The average molecular weight is 300 g/mol. The molecule has 0 aromatic carbocycles. The van der Waals surface area contributed by atoms with E-state index >= 15 is 0 Å². The van der Waals surface area contributed by atoms with Gasteiger partial charge in [-0.3, -0.25) is 4.98 Å². The van der Waals surface area contributed by atoms with Crippen molar-refractivity contribution in [1.29, 1.82) is 0 Å². The Morgan fingerprint density at radius 3 is 2.86 bits per heavy atom. The largest absolute Gasteiger partial charge is 0.462 e. The molecule has 0 spiro atoms. The molecule has 1 aliphatic rings. The molecule has 0 radical (unpaired) electrons. The van der Waals surface area contributed by atoms with E-state index in [0.717, 1.165) is 37.1 Å². The first-order valence-electron chi connectivity index (χ1n) is 7.68. The fourth-order valence-electron chi connectivity index (χ4n) is 3.02. The van der Waals surface area contributed by atoms with Crippen LogP contribution in [0.1, 0.15) is 54.6 Å². The first-order chi connectivity index (χ1) is 10.7. The molecule has 1 aliphatic carbocycles. The summed E-state index contributed by atoms with van der Waals surface area (Å²) in [6.07, 6.45) is 7.76. The van der Waals surface area contributed by atoms with Gasteiger partial charge in [-0.1, -0.05) is 12.8 Å². The number of anilines is 1. The van der Waals surface area contributed by atoms with Gasteiger partial charge in [0.1, 0.15) is 11.4 Å². The van der Waals surface area contributed by atoms with E-state index in [-0.39, 0.29) is 5.92 Å². The smallest absolute Gasteiger partial charge is 0.343 e. The highest BCUT2D eigenvalue weighted by Gasteiger charge is 2.30. The van der Waals surface area contributed by atoms with Crippen LogP contribution in [0.5, 0.6) is 0 Å². The summed E-state index contributed by atoms with van der Waals surface area (Å²) in [4.78, 5) is 16.4. The number of nitrogens with zero attached hydrogens (tertiary/aromatic N) is 3. The summed E-state index contributed by atoms with van der Waals surface area (Å²) in [5, 5.41) is 4.62. The molecule has 2 heterocycles. The summed E-state index contributed by atoms with van der Waals surface area (Å²) >= 11 is 0. The van der Waals surface area contributed by atoms with Gasteiger partial charge in [-0.15, -0.1) is 0 Å². The number of hydrogen-bond acceptors (Lipinski definition) is 5. The fourth-order valence-corrected chi connectivity index (χ4v) is 3.02. The second-order valence-electron chi connectivity index (χ2n) is 5.47. The maximum Gasteiger partial charge on any atom is 0.343 e. The first kappa shape index (κ1) is 14.6. The van der Waals surface area contributed by atoms with Crippen molar-refractivity contribution < 1.29 is 9.53 Å². The number of rotatable bonds is 4. The Morgan fingerprint density at radius 1 is 1.45 bits per heavy atom. The molecule has 6 nitrogen and oxygen atoms in total. The van der Waals surface area contributed by atoms with E-state index in [1.807, 2.05) is 12.1 Å². The van der Waals surface area contributed by atoms with Gasteiger partial charge in [0, 0.05) is 12.1 Å². The van der Waals surface area contributed by atoms with Gasteiger partial charge >= 0.3 is 5.97 Å². The van der Waals surface area contributed by atoms with Crippen LogP contribution in [0.15, 0.2) is 24.5 Å². The lowest BCUT2D eigenvalue weighted by molar-refractivity contribution is 0.0526. The Hall–Kier alpha value is -2.37. The van der Waals surface area contributed by atoms with Crippen molar-refractivity contribution in [2.45, 2.75) is 38.5 Å². The third-order valence-corrected chi connectivity index (χ3v) is 4.06. The topological polar surface area (TPSA) is 83.0 Å². The van der Waals surface area contributed by atoms with Gasteiger partial charge in [0.05, 0.1) is 24.2 Å². The van der Waals surface area contributed by atoms with Crippen LogP contribution in [0, 0.1) is 0 Å². The molecule has 0 saturated heterocycles. The summed E-state index contributed by atoms with van der Waals surface area (Å²) in [6, 6.07) is 3.68. The summed E-state index contributed by atoms with van der Waals surface area (Å²) < 4.78 is 6.76. The number of aromatic nitrogens is 3. The van der Waals surface area contributed by atoms with E-state index in [4.69, 9.17) is 10.5 Å². The van der Waals surface area contributed by atoms with Gasteiger partial charge in [0.15, 0.2) is 0 Å². The van der Waals surface area contributed by atoms with Crippen LogP contribution in [0.2, 0.25) is 0 Å². The third kappa shape index (κ3) is 2.56. The van der Waals surface area contributed by atoms with E-state index in [1.165, 1.54) is 0 Å². The van der Waals surface area contributed by atoms with Crippen LogP contribution < -0.4 is 5.73 Å². The summed E-state index contributed by atoms with van der Waals surface area (Å²) in [5.74, 6) is 0.213. The Morgan fingerprint density at radius 2 is 2.23 bits per heavy atom. The van der Waals surface area contributed by atoms with Crippen LogP contribution in [0.3, 0.4) is 0 Å². The number of nitrogen functional groups attached to an aromatic ring is 1. The molecule has 0 amide bonds. The Bertz CT molecular complexity index is 660. The van der Waals surface area contributed by atoms with E-state index in [1.54, 1.807) is 24.0 Å². The van der Waals surface area contributed by atoms with Gasteiger partial charge in [0.2, 0.25) is 0 Å². The van der Waals surface area contributed by atoms with Crippen LogP contribution in [0.4, 0.5) is 5.82 Å². The van der Waals surface area contributed by atoms with Crippen molar-refractivity contribution in [1.82, 2.24) is 14.8 Å². The van der Waals surface area contributed by atoms with Crippen molar-refractivity contribution >= 4 is 11.8 Å². The SMILES string of the molecule is CCOC(=O)c1c(C2CCCC2)nn(-c2cccnc2)c1N. The zero-order valence-electron chi connectivity index (χ0n) is 12.7. The number of nitrogens with two attached hydrogens (primary N) is 1. The Balaban J connectivity index is 2.09. The van der Waals surface area contributed by atoms with E-state index < -0.39 is 5.97 Å². The quantitative estimate of drug-likeness (QED) is 0.878. The minimum Gasteiger partial charge on any atom is -0.462 e. The molecule has 1 saturated carbocycles. The molecular formula is C16H20N4O2. The minimum atomic E-state index is -0.392. The predicted octanol–water partition coefficient (Wildman–Crippen LogP) is 2.68. The second kappa shape index (κ2) is 6.17.